The minimum Gasteiger partial charge on any atom is -0.435 e. The van der Waals surface area contributed by atoms with Crippen LogP contribution >= 0.6 is 0 Å². The Morgan fingerprint density at radius 2 is 1.72 bits per heavy atom. The van der Waals surface area contributed by atoms with Crippen molar-refractivity contribution in [3.05, 3.63) is 108 Å². The van der Waals surface area contributed by atoms with Crippen LogP contribution in [0.2, 0.25) is 5.04 Å². The summed E-state index contributed by atoms with van der Waals surface area (Å²) in [6, 6.07) is 25.2. The molecule has 1 heterocycles. The summed E-state index contributed by atoms with van der Waals surface area (Å²) in [5.74, 6) is 0. The van der Waals surface area contributed by atoms with Crippen LogP contribution in [0, 0.1) is 0 Å². The SMILES string of the molecule is C=C(C)c1cccc(N[C@H]2[C@H](N=[N+]=[N-])[C@]3([C@H](C)O)NC(=O)O[C@@]2(CO[Si](c2ccccc2)(c2ccccc2)C(C)(C)C)[C@]3(C)O)c1. The third-order valence-corrected chi connectivity index (χ3v) is 14.9. The van der Waals surface area contributed by atoms with Crippen LogP contribution in [0.5, 0.6) is 0 Å². The van der Waals surface area contributed by atoms with Gasteiger partial charge < -0.3 is 30.0 Å². The molecule has 46 heavy (non-hydrogen) atoms. The van der Waals surface area contributed by atoms with Crippen LogP contribution in [0.25, 0.3) is 16.0 Å². The minimum atomic E-state index is -3.23. The Morgan fingerprint density at radius 3 is 2.22 bits per heavy atom. The molecule has 6 atom stereocenters. The van der Waals surface area contributed by atoms with Gasteiger partial charge in [-0.15, -0.1) is 0 Å². The third kappa shape index (κ3) is 4.90. The molecule has 5 rings (SSSR count). The zero-order chi connectivity index (χ0) is 33.5. The predicted octanol–water partition coefficient (Wildman–Crippen LogP) is 5.12. The molecule has 1 amide bonds. The number of carbonyl (C=O) groups is 1. The zero-order valence-electron chi connectivity index (χ0n) is 27.2. The van der Waals surface area contributed by atoms with Gasteiger partial charge in [0.05, 0.1) is 24.8 Å². The molecule has 2 fully saturated rings. The molecule has 11 heteroatoms. The topological polar surface area (TPSA) is 149 Å². The normalized spacial score (nSPS) is 28.0. The predicted molar refractivity (Wildman–Crippen MR) is 182 cm³/mol. The lowest BCUT2D eigenvalue weighted by molar-refractivity contribution is -0.205. The summed E-state index contributed by atoms with van der Waals surface area (Å²) in [6.45, 7) is 15.0. The largest absolute Gasteiger partial charge is 0.435 e. The lowest BCUT2D eigenvalue weighted by atomic mass is 9.72. The van der Waals surface area contributed by atoms with E-state index in [0.29, 0.717) is 5.69 Å². The second kappa shape index (κ2) is 11.9. The van der Waals surface area contributed by atoms with Crippen LogP contribution in [-0.2, 0) is 9.16 Å². The number of anilines is 1. The molecule has 4 N–H and O–H groups in total. The molecular formula is C35H43N5O5Si. The number of amides is 1. The van der Waals surface area contributed by atoms with Crippen molar-refractivity contribution in [2.45, 2.75) is 81.5 Å². The molecule has 2 aliphatic rings. The van der Waals surface area contributed by atoms with Crippen molar-refractivity contribution in [1.82, 2.24) is 5.32 Å². The fraction of sp³-hybridized carbons (Fsp3) is 0.400. The van der Waals surface area contributed by atoms with Crippen LogP contribution in [0.4, 0.5) is 10.5 Å². The first-order chi connectivity index (χ1) is 21.7. The second-order valence-electron chi connectivity index (χ2n) is 13.6. The first kappa shape index (κ1) is 33.2. The summed E-state index contributed by atoms with van der Waals surface area (Å²) in [4.78, 5) is 16.6. The van der Waals surface area contributed by atoms with Crippen LogP contribution in [0.15, 0.2) is 96.6 Å². The van der Waals surface area contributed by atoms with Crippen molar-refractivity contribution >= 4 is 36.0 Å². The number of aliphatic hydroxyl groups is 2. The van der Waals surface area contributed by atoms with Gasteiger partial charge in [0, 0.05) is 10.6 Å². The molecule has 1 saturated carbocycles. The van der Waals surface area contributed by atoms with Crippen LogP contribution in [-0.4, -0.2) is 66.2 Å². The molecule has 0 unspecified atom stereocenters. The van der Waals surface area contributed by atoms with E-state index in [4.69, 9.17) is 9.16 Å². The number of hydrogen-bond donors (Lipinski definition) is 4. The van der Waals surface area contributed by atoms with E-state index in [9.17, 15) is 20.5 Å². The molecule has 1 aliphatic carbocycles. The van der Waals surface area contributed by atoms with Crippen molar-refractivity contribution in [2.24, 2.45) is 5.11 Å². The van der Waals surface area contributed by atoms with E-state index in [1.807, 2.05) is 91.9 Å². The summed E-state index contributed by atoms with van der Waals surface area (Å²) in [7, 11) is -3.23. The lowest BCUT2D eigenvalue weighted by Gasteiger charge is -2.54. The van der Waals surface area contributed by atoms with E-state index in [1.54, 1.807) is 0 Å². The quantitative estimate of drug-likeness (QED) is 0.105. The standard InChI is InChI=1S/C35H43N5O5Si/c1-23(2)25-15-14-16-26(21-25)37-29-30(39-40-36)35(24(3)41)33(7,43)34(29,45-31(42)38-35)22-44-46(32(4,5)6,27-17-10-8-11-18-27)28-19-12-9-13-20-28/h8-21,24,29-30,37,41,43H,1,22H2,2-7H3,(H,38,42)/t24-,29-,30-,33-,34+,35-/m0/s1. The maximum Gasteiger partial charge on any atom is 0.408 e. The van der Waals surface area contributed by atoms with Gasteiger partial charge in [-0.1, -0.05) is 111 Å². The van der Waals surface area contributed by atoms with Crippen LogP contribution < -0.4 is 21.0 Å². The molecule has 1 saturated heterocycles. The van der Waals surface area contributed by atoms with E-state index in [0.717, 1.165) is 21.5 Å². The number of nitrogens with zero attached hydrogens (tertiary/aromatic N) is 3. The van der Waals surface area contributed by atoms with Gasteiger partial charge >= 0.3 is 6.09 Å². The minimum absolute atomic E-state index is 0.273. The number of allylic oxidation sites excluding steroid dienone is 1. The van der Waals surface area contributed by atoms with Gasteiger partial charge in [0.1, 0.15) is 11.1 Å². The van der Waals surface area contributed by atoms with Gasteiger partial charge in [-0.2, -0.15) is 0 Å². The first-order valence-electron chi connectivity index (χ1n) is 15.4. The highest BCUT2D eigenvalue weighted by molar-refractivity contribution is 6.99. The molecule has 242 valence electrons. The number of rotatable bonds is 10. The molecule has 1 aliphatic heterocycles. The summed E-state index contributed by atoms with van der Waals surface area (Å²) in [6.07, 6.45) is -2.22. The highest BCUT2D eigenvalue weighted by Crippen LogP contribution is 2.56. The van der Waals surface area contributed by atoms with Crippen molar-refractivity contribution in [2.75, 3.05) is 11.9 Å². The van der Waals surface area contributed by atoms with Gasteiger partial charge in [0.25, 0.3) is 8.32 Å². The molecule has 0 aromatic heterocycles. The van der Waals surface area contributed by atoms with Gasteiger partial charge in [-0.05, 0) is 59.4 Å². The Balaban J connectivity index is 1.75. The third-order valence-electron chi connectivity index (χ3n) is 9.93. The van der Waals surface area contributed by atoms with E-state index in [1.165, 1.54) is 13.8 Å². The Morgan fingerprint density at radius 1 is 1.13 bits per heavy atom. The molecule has 3 aromatic carbocycles. The Labute approximate surface area is 271 Å². The van der Waals surface area contributed by atoms with E-state index >= 15 is 0 Å². The summed E-state index contributed by atoms with van der Waals surface area (Å²) >= 11 is 0. The highest BCUT2D eigenvalue weighted by atomic mass is 28.4. The maximum absolute atomic E-state index is 13.5. The Bertz CT molecular complexity index is 1620. The number of ether oxygens (including phenoxy) is 1. The molecule has 10 nitrogen and oxygen atoms in total. The molecule has 0 spiro atoms. The smallest absolute Gasteiger partial charge is 0.408 e. The van der Waals surface area contributed by atoms with Crippen LogP contribution in [0.1, 0.15) is 47.1 Å². The molecule has 2 bridgehead atoms. The number of alkyl carbamates (subject to hydrolysis) is 1. The van der Waals surface area contributed by atoms with E-state index in [2.05, 4.69) is 48.0 Å². The number of nitrogens with one attached hydrogen (secondary N) is 2. The number of aliphatic hydroxyl groups excluding tert-OH is 1. The maximum atomic E-state index is 13.5. The second-order valence-corrected chi connectivity index (χ2v) is 17.9. The number of azide groups is 1. The number of benzene rings is 3. The van der Waals surface area contributed by atoms with Gasteiger partial charge in [0.2, 0.25) is 0 Å². The van der Waals surface area contributed by atoms with Crippen molar-refractivity contribution in [3.8, 4) is 0 Å². The van der Waals surface area contributed by atoms with Crippen molar-refractivity contribution in [1.29, 1.82) is 0 Å². The molecular weight excluding hydrogens is 599 g/mol. The fourth-order valence-corrected chi connectivity index (χ4v) is 12.2. The van der Waals surface area contributed by atoms with Crippen LogP contribution in [0.3, 0.4) is 0 Å². The van der Waals surface area contributed by atoms with Crippen molar-refractivity contribution < 1.29 is 24.2 Å². The Kier molecular flexibility index (Phi) is 8.61. The van der Waals surface area contributed by atoms with Gasteiger partial charge in [-0.25, -0.2) is 4.79 Å². The number of fused-ring (bicyclic) bond motifs is 2. The summed E-state index contributed by atoms with van der Waals surface area (Å²) in [5.41, 5.74) is 6.47. The summed E-state index contributed by atoms with van der Waals surface area (Å²) < 4.78 is 13.5. The highest BCUT2D eigenvalue weighted by Gasteiger charge is 2.81. The van der Waals surface area contributed by atoms with Gasteiger partial charge in [-0.3, -0.25) is 0 Å². The monoisotopic (exact) mass is 641 g/mol. The molecule has 3 aromatic rings. The van der Waals surface area contributed by atoms with E-state index < -0.39 is 54.4 Å². The van der Waals surface area contributed by atoms with Gasteiger partial charge in [0.15, 0.2) is 5.60 Å². The Hall–Kier alpha value is -4.12. The summed E-state index contributed by atoms with van der Waals surface area (Å²) in [5, 5.41) is 35.8. The lowest BCUT2D eigenvalue weighted by Crippen LogP contribution is -2.80. The average molecular weight is 642 g/mol. The molecule has 0 radical (unpaired) electrons. The first-order valence-corrected chi connectivity index (χ1v) is 17.3. The average Bonchev–Trinajstić information content (AvgIpc) is 3.07. The fourth-order valence-electron chi connectivity index (χ4n) is 7.64. The number of carbonyl (C=O) groups excluding carboxylic acids is 1. The van der Waals surface area contributed by atoms with E-state index in [-0.39, 0.29) is 6.61 Å². The number of hydrogen-bond acceptors (Lipinski definition) is 7. The van der Waals surface area contributed by atoms with Crippen molar-refractivity contribution in [3.63, 3.8) is 0 Å². The zero-order valence-corrected chi connectivity index (χ0v) is 28.2.